The minimum Gasteiger partial charge on any atom is -0.491 e. The Morgan fingerprint density at radius 2 is 1.68 bits per heavy atom. The zero-order valence-electron chi connectivity index (χ0n) is 20.8. The van der Waals surface area contributed by atoms with Gasteiger partial charge in [0.25, 0.3) is 0 Å². The maximum atomic E-state index is 12.7. The number of carbonyl (C=O) groups is 2. The van der Waals surface area contributed by atoms with Gasteiger partial charge in [-0.3, -0.25) is 10.1 Å². The van der Waals surface area contributed by atoms with E-state index >= 15 is 0 Å². The first-order valence-electron chi connectivity index (χ1n) is 12.1. The van der Waals surface area contributed by atoms with E-state index in [1.54, 1.807) is 54.6 Å². The van der Waals surface area contributed by atoms with Gasteiger partial charge in [-0.2, -0.15) is 0 Å². The number of hydrogen-bond donors (Lipinski definition) is 4. The second-order valence-electron chi connectivity index (χ2n) is 8.49. The molecule has 3 rings (SSSR count). The van der Waals surface area contributed by atoms with E-state index in [1.807, 2.05) is 37.3 Å². The topological polar surface area (TPSA) is 123 Å². The first kappa shape index (κ1) is 27.3. The van der Waals surface area contributed by atoms with Gasteiger partial charge in [-0.05, 0) is 66.8 Å². The molecule has 0 heterocycles. The minimum absolute atomic E-state index is 0.0526. The SMILES string of the molecule is C[C@@H](CC/C=C/C(=O)Nc1ccccc1N)[C@@H](OC(=O)Nc1ccccc1)c1ccc(OCCO)cc1. The number of nitrogens with one attached hydrogen (secondary N) is 2. The molecule has 2 amide bonds. The molecule has 3 aromatic carbocycles. The van der Waals surface area contributed by atoms with E-state index in [2.05, 4.69) is 10.6 Å². The summed E-state index contributed by atoms with van der Waals surface area (Å²) in [5.74, 6) is 0.299. The van der Waals surface area contributed by atoms with E-state index in [0.717, 1.165) is 5.56 Å². The van der Waals surface area contributed by atoms with Gasteiger partial charge in [0.05, 0.1) is 18.0 Å². The number of carbonyl (C=O) groups excluding carboxylic acids is 2. The van der Waals surface area contributed by atoms with Crippen LogP contribution in [0, 0.1) is 5.92 Å². The standard InChI is InChI=1S/C29H33N3O5/c1-21(9-5-8-14-27(34)32-26-13-7-6-12-25(26)30)28(22-15-17-24(18-16-22)36-20-19-33)37-29(35)31-23-10-3-2-4-11-23/h2-4,6-8,10-18,21,28,33H,5,9,19-20,30H2,1H3,(H,31,35)(H,32,34)/b14-8+/t21-,28+/m0/s1. The Morgan fingerprint density at radius 1 is 0.973 bits per heavy atom. The van der Waals surface area contributed by atoms with Crippen molar-refractivity contribution in [3.63, 3.8) is 0 Å². The molecule has 0 saturated heterocycles. The number of allylic oxidation sites excluding steroid dienone is 1. The molecule has 0 aromatic heterocycles. The Balaban J connectivity index is 1.62. The molecule has 0 fully saturated rings. The van der Waals surface area contributed by atoms with Crippen LogP contribution in [-0.4, -0.2) is 30.3 Å². The van der Waals surface area contributed by atoms with Crippen LogP contribution >= 0.6 is 0 Å². The molecule has 8 nitrogen and oxygen atoms in total. The highest BCUT2D eigenvalue weighted by atomic mass is 16.6. The molecule has 8 heteroatoms. The van der Waals surface area contributed by atoms with E-state index in [-0.39, 0.29) is 25.0 Å². The minimum atomic E-state index is -0.556. The quantitative estimate of drug-likeness (QED) is 0.190. The van der Waals surface area contributed by atoms with Crippen LogP contribution in [0.4, 0.5) is 21.9 Å². The lowest BCUT2D eigenvalue weighted by atomic mass is 9.93. The Kier molecular flexibility index (Phi) is 10.6. The lowest BCUT2D eigenvalue weighted by Crippen LogP contribution is -2.22. The second-order valence-corrected chi connectivity index (χ2v) is 8.49. The van der Waals surface area contributed by atoms with Crippen LogP contribution in [0.3, 0.4) is 0 Å². The summed E-state index contributed by atoms with van der Waals surface area (Å²) in [6.07, 6.45) is 3.46. The van der Waals surface area contributed by atoms with Gasteiger partial charge >= 0.3 is 6.09 Å². The molecule has 0 radical (unpaired) electrons. The number of aliphatic hydroxyl groups excluding tert-OH is 1. The van der Waals surface area contributed by atoms with Crippen molar-refractivity contribution in [3.05, 3.63) is 96.6 Å². The summed E-state index contributed by atoms with van der Waals surface area (Å²) in [4.78, 5) is 24.9. The highest BCUT2D eigenvalue weighted by Crippen LogP contribution is 2.31. The first-order valence-corrected chi connectivity index (χ1v) is 12.1. The van der Waals surface area contributed by atoms with Gasteiger partial charge in [0, 0.05) is 5.69 Å². The summed E-state index contributed by atoms with van der Waals surface area (Å²) in [5.41, 5.74) is 8.39. The van der Waals surface area contributed by atoms with Crippen molar-refractivity contribution in [1.82, 2.24) is 0 Å². The third kappa shape index (κ3) is 9.01. The highest BCUT2D eigenvalue weighted by molar-refractivity contribution is 6.01. The number of para-hydroxylation sites is 3. The Bertz CT molecular complexity index is 1170. The first-order chi connectivity index (χ1) is 18.0. The smallest absolute Gasteiger partial charge is 0.412 e. The van der Waals surface area contributed by atoms with Gasteiger partial charge in [0.2, 0.25) is 5.91 Å². The molecule has 0 aliphatic carbocycles. The molecule has 5 N–H and O–H groups in total. The molecular weight excluding hydrogens is 470 g/mol. The molecule has 0 bridgehead atoms. The lowest BCUT2D eigenvalue weighted by molar-refractivity contribution is -0.111. The highest BCUT2D eigenvalue weighted by Gasteiger charge is 2.23. The summed E-state index contributed by atoms with van der Waals surface area (Å²) in [6.45, 7) is 2.12. The van der Waals surface area contributed by atoms with E-state index in [9.17, 15) is 9.59 Å². The van der Waals surface area contributed by atoms with Crippen LogP contribution in [-0.2, 0) is 9.53 Å². The van der Waals surface area contributed by atoms with Crippen LogP contribution in [0.25, 0.3) is 0 Å². The van der Waals surface area contributed by atoms with Crippen LogP contribution in [0.1, 0.15) is 31.4 Å². The molecule has 0 unspecified atom stereocenters. The maximum Gasteiger partial charge on any atom is 0.412 e. The van der Waals surface area contributed by atoms with Crippen LogP contribution < -0.4 is 21.1 Å². The summed E-state index contributed by atoms with van der Waals surface area (Å²) >= 11 is 0. The number of hydrogen-bond acceptors (Lipinski definition) is 6. The van der Waals surface area contributed by atoms with Gasteiger partial charge in [0.15, 0.2) is 0 Å². The summed E-state index contributed by atoms with van der Waals surface area (Å²) in [7, 11) is 0. The number of anilines is 3. The number of amides is 2. The predicted molar refractivity (Wildman–Crippen MR) is 145 cm³/mol. The Hall–Kier alpha value is -4.30. The molecule has 0 aliphatic heterocycles. The zero-order valence-corrected chi connectivity index (χ0v) is 20.8. The summed E-state index contributed by atoms with van der Waals surface area (Å²) < 4.78 is 11.3. The number of benzene rings is 3. The van der Waals surface area contributed by atoms with Crippen LogP contribution in [0.5, 0.6) is 5.75 Å². The fraction of sp³-hybridized carbons (Fsp3) is 0.241. The molecule has 3 aromatic rings. The Labute approximate surface area is 217 Å². The van der Waals surface area contributed by atoms with Gasteiger partial charge in [-0.15, -0.1) is 0 Å². The fourth-order valence-corrected chi connectivity index (χ4v) is 3.70. The van der Waals surface area contributed by atoms with E-state index in [4.69, 9.17) is 20.3 Å². The number of ether oxygens (including phenoxy) is 2. The van der Waals surface area contributed by atoms with E-state index in [1.165, 1.54) is 6.08 Å². The number of aliphatic hydroxyl groups is 1. The number of nitrogens with two attached hydrogens (primary N) is 1. The number of rotatable bonds is 12. The van der Waals surface area contributed by atoms with Gasteiger partial charge in [0.1, 0.15) is 18.5 Å². The molecule has 0 saturated carbocycles. The zero-order chi connectivity index (χ0) is 26.5. The third-order valence-corrected chi connectivity index (χ3v) is 5.62. The maximum absolute atomic E-state index is 12.7. The van der Waals surface area contributed by atoms with Crippen molar-refractivity contribution < 1.29 is 24.2 Å². The molecule has 2 atom stereocenters. The van der Waals surface area contributed by atoms with Crippen molar-refractivity contribution in [2.24, 2.45) is 5.92 Å². The monoisotopic (exact) mass is 503 g/mol. The molecule has 194 valence electrons. The second kappa shape index (κ2) is 14.3. The lowest BCUT2D eigenvalue weighted by Gasteiger charge is -2.25. The normalized spacial score (nSPS) is 12.5. The molecular formula is C29H33N3O5. The van der Waals surface area contributed by atoms with Crippen molar-refractivity contribution in [2.45, 2.75) is 25.9 Å². The van der Waals surface area contributed by atoms with Crippen LogP contribution in [0.2, 0.25) is 0 Å². The summed E-state index contributed by atoms with van der Waals surface area (Å²) in [6, 6.07) is 23.4. The molecule has 0 spiro atoms. The van der Waals surface area contributed by atoms with E-state index < -0.39 is 12.2 Å². The van der Waals surface area contributed by atoms with Crippen molar-refractivity contribution >= 4 is 29.1 Å². The van der Waals surface area contributed by atoms with E-state index in [0.29, 0.717) is 35.7 Å². The largest absolute Gasteiger partial charge is 0.491 e. The molecule has 0 aliphatic rings. The van der Waals surface area contributed by atoms with Crippen LogP contribution in [0.15, 0.2) is 91.0 Å². The van der Waals surface area contributed by atoms with Crippen molar-refractivity contribution in [1.29, 1.82) is 0 Å². The van der Waals surface area contributed by atoms with Gasteiger partial charge in [-0.1, -0.05) is 55.5 Å². The predicted octanol–water partition coefficient (Wildman–Crippen LogP) is 5.54. The average molecular weight is 504 g/mol. The summed E-state index contributed by atoms with van der Waals surface area (Å²) in [5, 5.41) is 14.5. The van der Waals surface area contributed by atoms with Gasteiger partial charge in [-0.25, -0.2) is 4.79 Å². The van der Waals surface area contributed by atoms with Crippen molar-refractivity contribution in [2.75, 3.05) is 29.6 Å². The van der Waals surface area contributed by atoms with Crippen molar-refractivity contribution in [3.8, 4) is 5.75 Å². The third-order valence-electron chi connectivity index (χ3n) is 5.62. The Morgan fingerprint density at radius 3 is 2.38 bits per heavy atom. The van der Waals surface area contributed by atoms with Gasteiger partial charge < -0.3 is 25.6 Å². The average Bonchev–Trinajstić information content (AvgIpc) is 2.90. The molecule has 37 heavy (non-hydrogen) atoms. The number of nitrogen functional groups attached to an aromatic ring is 1. The fourth-order valence-electron chi connectivity index (χ4n) is 3.70.